The van der Waals surface area contributed by atoms with Gasteiger partial charge in [0.25, 0.3) is 5.91 Å². The van der Waals surface area contributed by atoms with Gasteiger partial charge in [-0.15, -0.1) is 11.3 Å². The van der Waals surface area contributed by atoms with Gasteiger partial charge in [-0.25, -0.2) is 4.79 Å². The summed E-state index contributed by atoms with van der Waals surface area (Å²) in [5.74, 6) is 0.0661. The molecule has 2 aliphatic rings. The number of urea groups is 1. The molecule has 0 atom stereocenters. The van der Waals surface area contributed by atoms with E-state index in [1.165, 1.54) is 35.4 Å². The molecule has 6 nitrogen and oxygen atoms in total. The molecule has 7 heteroatoms. The molecule has 1 aliphatic carbocycles. The number of nitrogens with zero attached hydrogens (tertiary/aromatic N) is 3. The van der Waals surface area contributed by atoms with Crippen LogP contribution in [-0.4, -0.2) is 52.9 Å². The van der Waals surface area contributed by atoms with E-state index in [2.05, 4.69) is 11.4 Å². The van der Waals surface area contributed by atoms with E-state index in [0.717, 1.165) is 28.3 Å². The van der Waals surface area contributed by atoms with Crippen molar-refractivity contribution in [3.63, 3.8) is 0 Å². The Labute approximate surface area is 169 Å². The van der Waals surface area contributed by atoms with Crippen molar-refractivity contribution in [3.05, 3.63) is 51.0 Å². The zero-order valence-electron chi connectivity index (χ0n) is 16.2. The summed E-state index contributed by atoms with van der Waals surface area (Å²) in [6.45, 7) is 4.69. The lowest BCUT2D eigenvalue weighted by Gasteiger charge is -2.34. The number of nitrogens with one attached hydrogen (secondary N) is 1. The van der Waals surface area contributed by atoms with E-state index in [4.69, 9.17) is 4.98 Å². The molecule has 0 saturated carbocycles. The van der Waals surface area contributed by atoms with Crippen molar-refractivity contribution in [2.45, 2.75) is 39.2 Å². The minimum atomic E-state index is -0.0846. The van der Waals surface area contributed by atoms with Gasteiger partial charge in [-0.1, -0.05) is 6.07 Å². The minimum absolute atomic E-state index is 0.0661. The van der Waals surface area contributed by atoms with Crippen LogP contribution < -0.4 is 5.32 Å². The number of hydrogen-bond donors (Lipinski definition) is 1. The Morgan fingerprint density at radius 2 is 1.79 bits per heavy atom. The highest BCUT2D eigenvalue weighted by Crippen LogP contribution is 2.20. The monoisotopic (exact) mass is 398 g/mol. The third-order valence-electron chi connectivity index (χ3n) is 5.46. The molecule has 4 rings (SSSR count). The molecule has 0 unspecified atom stereocenters. The van der Waals surface area contributed by atoms with Crippen molar-refractivity contribution >= 4 is 23.3 Å². The maximum atomic E-state index is 12.5. The highest BCUT2D eigenvalue weighted by molar-refractivity contribution is 7.13. The first kappa shape index (κ1) is 18.9. The van der Waals surface area contributed by atoms with Crippen LogP contribution in [0.3, 0.4) is 0 Å². The Bertz CT molecular complexity index is 871. The summed E-state index contributed by atoms with van der Waals surface area (Å²) in [4.78, 5) is 35.3. The van der Waals surface area contributed by atoms with Crippen LogP contribution in [0.15, 0.2) is 24.3 Å². The molecule has 1 fully saturated rings. The van der Waals surface area contributed by atoms with Crippen molar-refractivity contribution in [1.82, 2.24) is 20.1 Å². The molecule has 1 saturated heterocycles. The fourth-order valence-electron chi connectivity index (χ4n) is 3.82. The van der Waals surface area contributed by atoms with Crippen LogP contribution in [0.5, 0.6) is 0 Å². The topological polar surface area (TPSA) is 65.5 Å². The van der Waals surface area contributed by atoms with Crippen LogP contribution >= 0.6 is 11.3 Å². The number of thiophene rings is 1. The molecule has 1 N–H and O–H groups in total. The summed E-state index contributed by atoms with van der Waals surface area (Å²) in [7, 11) is 0. The third-order valence-corrected chi connectivity index (χ3v) is 6.45. The van der Waals surface area contributed by atoms with Crippen LogP contribution in [0.25, 0.3) is 0 Å². The number of carbonyl (C=O) groups excluding carboxylic acids is 2. The molecule has 0 spiro atoms. The first-order valence-electron chi connectivity index (χ1n) is 9.96. The molecule has 28 heavy (non-hydrogen) atoms. The van der Waals surface area contributed by atoms with E-state index in [9.17, 15) is 9.59 Å². The van der Waals surface area contributed by atoms with Crippen LogP contribution in [0, 0.1) is 6.92 Å². The fraction of sp³-hybridized carbons (Fsp3) is 0.476. The molecule has 0 aromatic carbocycles. The second-order valence-corrected chi connectivity index (χ2v) is 8.75. The van der Waals surface area contributed by atoms with Crippen molar-refractivity contribution in [2.24, 2.45) is 0 Å². The Morgan fingerprint density at radius 1 is 1.04 bits per heavy atom. The first-order chi connectivity index (χ1) is 13.6. The van der Waals surface area contributed by atoms with Gasteiger partial charge in [0.05, 0.1) is 17.1 Å². The summed E-state index contributed by atoms with van der Waals surface area (Å²) in [6, 6.07) is 7.94. The third kappa shape index (κ3) is 4.19. The molecule has 3 amide bonds. The number of amides is 3. The van der Waals surface area contributed by atoms with Gasteiger partial charge >= 0.3 is 6.03 Å². The number of pyridine rings is 1. The van der Waals surface area contributed by atoms with Crippen LogP contribution in [0.4, 0.5) is 4.79 Å². The minimum Gasteiger partial charge on any atom is -0.334 e. The molecule has 2 aromatic heterocycles. The van der Waals surface area contributed by atoms with Crippen molar-refractivity contribution < 1.29 is 9.59 Å². The Balaban J connectivity index is 1.27. The number of rotatable bonds is 3. The summed E-state index contributed by atoms with van der Waals surface area (Å²) >= 11 is 1.52. The average Bonchev–Trinajstić information content (AvgIpc) is 3.17. The second kappa shape index (κ2) is 8.31. The molecule has 0 radical (unpaired) electrons. The van der Waals surface area contributed by atoms with Crippen molar-refractivity contribution in [1.29, 1.82) is 0 Å². The Kier molecular flexibility index (Phi) is 5.62. The lowest BCUT2D eigenvalue weighted by molar-refractivity contribution is 0.0669. The largest absolute Gasteiger partial charge is 0.334 e. The quantitative estimate of drug-likeness (QED) is 0.864. The summed E-state index contributed by atoms with van der Waals surface area (Å²) in [5, 5.41) is 2.98. The number of piperazine rings is 1. The van der Waals surface area contributed by atoms with E-state index in [1.54, 1.807) is 4.90 Å². The molecule has 2 aromatic rings. The Morgan fingerprint density at radius 3 is 2.54 bits per heavy atom. The molecular weight excluding hydrogens is 372 g/mol. The van der Waals surface area contributed by atoms with Gasteiger partial charge < -0.3 is 15.1 Å². The molecule has 0 bridgehead atoms. The number of aryl methyl sites for hydroxylation is 3. The number of fused-ring (bicyclic) bond motifs is 1. The van der Waals surface area contributed by atoms with Gasteiger partial charge in [0, 0.05) is 36.8 Å². The average molecular weight is 399 g/mol. The fourth-order valence-corrected chi connectivity index (χ4v) is 4.66. The van der Waals surface area contributed by atoms with E-state index in [0.29, 0.717) is 32.7 Å². The molecular formula is C21H26N4O2S. The van der Waals surface area contributed by atoms with Crippen molar-refractivity contribution in [3.8, 4) is 0 Å². The first-order valence-corrected chi connectivity index (χ1v) is 10.8. The zero-order chi connectivity index (χ0) is 19.5. The van der Waals surface area contributed by atoms with Gasteiger partial charge in [0.1, 0.15) is 0 Å². The van der Waals surface area contributed by atoms with E-state index < -0.39 is 0 Å². The summed E-state index contributed by atoms with van der Waals surface area (Å²) in [5.41, 5.74) is 3.45. The van der Waals surface area contributed by atoms with Crippen LogP contribution in [0.2, 0.25) is 0 Å². The zero-order valence-corrected chi connectivity index (χ0v) is 17.1. The van der Waals surface area contributed by atoms with Gasteiger partial charge in [0.15, 0.2) is 0 Å². The van der Waals surface area contributed by atoms with Crippen LogP contribution in [0.1, 0.15) is 44.3 Å². The molecule has 3 heterocycles. The van der Waals surface area contributed by atoms with E-state index in [1.807, 2.05) is 30.0 Å². The van der Waals surface area contributed by atoms with Gasteiger partial charge in [-0.3, -0.25) is 9.78 Å². The molecule has 1 aliphatic heterocycles. The number of aromatic nitrogens is 1. The maximum Gasteiger partial charge on any atom is 0.317 e. The highest BCUT2D eigenvalue weighted by atomic mass is 32.1. The standard InChI is InChI=1S/C21H26N4O2S/c1-15-6-9-19(28-15)20(26)24-10-12-25(13-11-24)21(27)22-14-17-8-7-16-4-2-3-5-18(16)23-17/h6-9H,2-5,10-14H2,1H3,(H,22,27). The normalized spacial score (nSPS) is 16.6. The molecule has 148 valence electrons. The Hall–Kier alpha value is -2.41. The predicted octanol–water partition coefficient (Wildman–Crippen LogP) is 3.00. The van der Waals surface area contributed by atoms with E-state index >= 15 is 0 Å². The van der Waals surface area contributed by atoms with Gasteiger partial charge in [-0.2, -0.15) is 0 Å². The highest BCUT2D eigenvalue weighted by Gasteiger charge is 2.25. The smallest absolute Gasteiger partial charge is 0.317 e. The predicted molar refractivity (Wildman–Crippen MR) is 110 cm³/mol. The number of carbonyl (C=O) groups is 2. The lowest BCUT2D eigenvalue weighted by Crippen LogP contribution is -2.53. The summed E-state index contributed by atoms with van der Waals surface area (Å²) < 4.78 is 0. The number of hydrogen-bond acceptors (Lipinski definition) is 4. The van der Waals surface area contributed by atoms with Crippen LogP contribution in [-0.2, 0) is 19.4 Å². The van der Waals surface area contributed by atoms with Gasteiger partial charge in [0.2, 0.25) is 0 Å². The summed E-state index contributed by atoms with van der Waals surface area (Å²) in [6.07, 6.45) is 4.59. The lowest BCUT2D eigenvalue weighted by atomic mass is 9.96. The maximum absolute atomic E-state index is 12.5. The van der Waals surface area contributed by atoms with Gasteiger partial charge in [-0.05, 0) is 56.4 Å². The SMILES string of the molecule is Cc1ccc(C(=O)N2CCN(C(=O)NCc3ccc4c(n3)CCCC4)CC2)s1. The van der Waals surface area contributed by atoms with Crippen molar-refractivity contribution in [2.75, 3.05) is 26.2 Å². The second-order valence-electron chi connectivity index (χ2n) is 7.46. The van der Waals surface area contributed by atoms with E-state index in [-0.39, 0.29) is 11.9 Å².